The summed E-state index contributed by atoms with van der Waals surface area (Å²) in [6.45, 7) is 4.42. The summed E-state index contributed by atoms with van der Waals surface area (Å²) in [7, 11) is 1.93. The molecule has 1 fully saturated rings. The van der Waals surface area contributed by atoms with Crippen LogP contribution in [0.1, 0.15) is 24.8 Å². The maximum absolute atomic E-state index is 12.6. The lowest BCUT2D eigenvalue weighted by Crippen LogP contribution is -2.37. The van der Waals surface area contributed by atoms with Crippen LogP contribution in [0, 0.1) is 0 Å². The van der Waals surface area contributed by atoms with Crippen LogP contribution in [0.25, 0.3) is 22.0 Å². The van der Waals surface area contributed by atoms with E-state index in [9.17, 15) is 13.2 Å². The van der Waals surface area contributed by atoms with Gasteiger partial charge in [-0.1, -0.05) is 35.9 Å². The molecule has 0 radical (unpaired) electrons. The molecule has 3 aromatic carbocycles. The number of fused-ring (bicyclic) bond motifs is 1. The van der Waals surface area contributed by atoms with Gasteiger partial charge in [-0.2, -0.15) is 0 Å². The van der Waals surface area contributed by atoms with E-state index < -0.39 is 6.36 Å². The fraction of sp³-hybridized carbons (Fsp3) is 0.355. The molecule has 0 saturated carbocycles. The number of hydrogen-bond donors (Lipinski definition) is 1. The number of nitrogens with one attached hydrogen (secondary N) is 1. The molecule has 0 amide bonds. The summed E-state index contributed by atoms with van der Waals surface area (Å²) in [4.78, 5) is 2.44. The molecule has 0 aliphatic carbocycles. The van der Waals surface area contributed by atoms with Crippen molar-refractivity contribution in [2.75, 3.05) is 26.7 Å². The number of rotatable bonds is 10. The molecule has 0 spiro atoms. The van der Waals surface area contributed by atoms with Crippen molar-refractivity contribution in [3.63, 3.8) is 0 Å². The average molecular weight is 572 g/mol. The van der Waals surface area contributed by atoms with Crippen molar-refractivity contribution in [1.82, 2.24) is 14.8 Å². The third-order valence-corrected chi connectivity index (χ3v) is 7.44. The van der Waals surface area contributed by atoms with Gasteiger partial charge in [-0.3, -0.25) is 4.90 Å². The highest BCUT2D eigenvalue weighted by atomic mass is 35.5. The summed E-state index contributed by atoms with van der Waals surface area (Å²) in [5.74, 6) is 0.582. The average Bonchev–Trinajstić information content (AvgIpc) is 3.27. The predicted molar refractivity (Wildman–Crippen MR) is 153 cm³/mol. The number of halogens is 4. The van der Waals surface area contributed by atoms with E-state index >= 15 is 0 Å². The predicted octanol–water partition coefficient (Wildman–Crippen LogP) is 7.51. The van der Waals surface area contributed by atoms with E-state index in [4.69, 9.17) is 16.3 Å². The van der Waals surface area contributed by atoms with E-state index in [-0.39, 0.29) is 11.9 Å². The molecule has 0 bridgehead atoms. The molecule has 4 aromatic rings. The monoisotopic (exact) mass is 571 g/mol. The molecule has 40 heavy (non-hydrogen) atoms. The van der Waals surface area contributed by atoms with E-state index in [0.717, 1.165) is 79.8 Å². The molecule has 1 saturated heterocycles. The number of benzene rings is 3. The van der Waals surface area contributed by atoms with Gasteiger partial charge in [-0.15, -0.1) is 13.2 Å². The molecule has 1 aromatic heterocycles. The lowest BCUT2D eigenvalue weighted by atomic mass is 10.0. The highest BCUT2D eigenvalue weighted by molar-refractivity contribution is 6.30. The van der Waals surface area contributed by atoms with Gasteiger partial charge in [0.25, 0.3) is 0 Å². The van der Waals surface area contributed by atoms with Crippen molar-refractivity contribution in [1.29, 1.82) is 0 Å². The van der Waals surface area contributed by atoms with Gasteiger partial charge in [-0.05, 0) is 86.4 Å². The van der Waals surface area contributed by atoms with E-state index in [2.05, 4.69) is 43.9 Å². The van der Waals surface area contributed by atoms with Crippen molar-refractivity contribution in [3.05, 3.63) is 83.5 Å². The third-order valence-electron chi connectivity index (χ3n) is 7.21. The summed E-state index contributed by atoms with van der Waals surface area (Å²) in [5.41, 5.74) is 4.16. The number of aryl methyl sites for hydroxylation is 1. The summed E-state index contributed by atoms with van der Waals surface area (Å²) >= 11 is 6.09. The Hall–Kier alpha value is -3.20. The molecule has 1 N–H and O–H groups in total. The van der Waals surface area contributed by atoms with Gasteiger partial charge in [0.2, 0.25) is 0 Å². The van der Waals surface area contributed by atoms with Crippen LogP contribution in [0.4, 0.5) is 13.2 Å². The minimum Gasteiger partial charge on any atom is -0.490 e. The topological polar surface area (TPSA) is 38.7 Å². The fourth-order valence-corrected chi connectivity index (χ4v) is 5.48. The molecule has 0 atom stereocenters. The van der Waals surface area contributed by atoms with Crippen molar-refractivity contribution < 1.29 is 22.6 Å². The molecule has 1 aliphatic heterocycles. The van der Waals surface area contributed by atoms with Gasteiger partial charge in [-0.25, -0.2) is 0 Å². The van der Waals surface area contributed by atoms with Crippen molar-refractivity contribution in [2.45, 2.75) is 44.8 Å². The molecular weight excluding hydrogens is 539 g/mol. The van der Waals surface area contributed by atoms with Crippen LogP contribution in [-0.4, -0.2) is 48.6 Å². The highest BCUT2D eigenvalue weighted by Crippen LogP contribution is 2.34. The van der Waals surface area contributed by atoms with Crippen LogP contribution in [-0.2, 0) is 13.1 Å². The van der Waals surface area contributed by atoms with E-state index in [1.807, 2.05) is 31.3 Å². The van der Waals surface area contributed by atoms with Crippen molar-refractivity contribution in [3.8, 4) is 22.6 Å². The minimum absolute atomic E-state index is 0.166. The number of nitrogens with zero attached hydrogens (tertiary/aromatic N) is 2. The maximum atomic E-state index is 12.6. The lowest BCUT2D eigenvalue weighted by Gasteiger charge is -2.32. The van der Waals surface area contributed by atoms with Gasteiger partial charge >= 0.3 is 6.36 Å². The Morgan fingerprint density at radius 1 is 0.975 bits per heavy atom. The van der Waals surface area contributed by atoms with Gasteiger partial charge in [0.1, 0.15) is 17.6 Å². The Kier molecular flexibility index (Phi) is 8.88. The lowest BCUT2D eigenvalue weighted by molar-refractivity contribution is -0.274. The first-order valence-corrected chi connectivity index (χ1v) is 13.9. The fourth-order valence-electron chi connectivity index (χ4n) is 5.30. The number of ether oxygens (including phenoxy) is 2. The zero-order chi connectivity index (χ0) is 28.1. The van der Waals surface area contributed by atoms with Crippen LogP contribution < -0.4 is 14.8 Å². The Labute approximate surface area is 237 Å². The molecule has 0 unspecified atom stereocenters. The van der Waals surface area contributed by atoms with Crippen molar-refractivity contribution >= 4 is 22.5 Å². The van der Waals surface area contributed by atoms with Crippen LogP contribution in [0.3, 0.4) is 0 Å². The summed E-state index contributed by atoms with van der Waals surface area (Å²) in [6.07, 6.45) is 0.395. The molecule has 9 heteroatoms. The normalized spacial score (nSPS) is 15.0. The van der Waals surface area contributed by atoms with Crippen molar-refractivity contribution in [2.24, 2.45) is 0 Å². The maximum Gasteiger partial charge on any atom is 0.573 e. The van der Waals surface area contributed by atoms with Gasteiger partial charge in [0.15, 0.2) is 0 Å². The summed E-state index contributed by atoms with van der Waals surface area (Å²) < 4.78 is 50.4. The second-order valence-electron chi connectivity index (χ2n) is 10.2. The number of piperidine rings is 1. The molecule has 5 nitrogen and oxygen atoms in total. The summed E-state index contributed by atoms with van der Waals surface area (Å²) in [6, 6.07) is 20.2. The van der Waals surface area contributed by atoms with Crippen LogP contribution in [0.2, 0.25) is 5.02 Å². The van der Waals surface area contributed by atoms with Crippen LogP contribution >= 0.6 is 11.6 Å². The Morgan fingerprint density at radius 3 is 2.45 bits per heavy atom. The standard InChI is InChI=1S/C31H33ClF3N3O2/c1-36-14-3-15-38-21-29(23-7-9-26(10-8-23)40-31(33,34)35)28-18-22(6-11-30(28)38)20-37-16-12-25(13-17-37)39-27-5-2-4-24(32)19-27/h2,4-11,18-19,21,25,36H,3,12-17,20H2,1H3. The zero-order valence-corrected chi connectivity index (χ0v) is 23.1. The first-order valence-electron chi connectivity index (χ1n) is 13.5. The van der Waals surface area contributed by atoms with Gasteiger partial charge in [0, 0.05) is 53.9 Å². The largest absolute Gasteiger partial charge is 0.573 e. The third kappa shape index (κ3) is 7.30. The first kappa shape index (κ1) is 28.3. The van der Waals surface area contributed by atoms with E-state index in [0.29, 0.717) is 5.02 Å². The first-order chi connectivity index (χ1) is 19.3. The second kappa shape index (κ2) is 12.5. The highest BCUT2D eigenvalue weighted by Gasteiger charge is 2.31. The van der Waals surface area contributed by atoms with Crippen LogP contribution in [0.5, 0.6) is 11.5 Å². The second-order valence-corrected chi connectivity index (χ2v) is 10.6. The Balaban J connectivity index is 1.32. The smallest absolute Gasteiger partial charge is 0.490 e. The SMILES string of the molecule is CNCCCn1cc(-c2ccc(OC(F)(F)F)cc2)c2cc(CN3CCC(Oc4cccc(Cl)c4)CC3)ccc21. The molecule has 1 aliphatic rings. The number of likely N-dealkylation sites (tertiary alicyclic amines) is 1. The van der Waals surface area contributed by atoms with Crippen LogP contribution in [0.15, 0.2) is 72.9 Å². The minimum atomic E-state index is -4.71. The quantitative estimate of drug-likeness (QED) is 0.200. The number of aromatic nitrogens is 1. The Morgan fingerprint density at radius 2 is 1.75 bits per heavy atom. The van der Waals surface area contributed by atoms with Gasteiger partial charge in [0.05, 0.1) is 0 Å². The molecular formula is C31H33ClF3N3O2. The van der Waals surface area contributed by atoms with E-state index in [1.54, 1.807) is 12.1 Å². The molecule has 5 rings (SSSR count). The Bertz CT molecular complexity index is 1410. The van der Waals surface area contributed by atoms with E-state index in [1.165, 1.54) is 17.7 Å². The van der Waals surface area contributed by atoms with Gasteiger partial charge < -0.3 is 19.4 Å². The number of alkyl halides is 3. The molecule has 212 valence electrons. The summed E-state index contributed by atoms with van der Waals surface area (Å²) in [5, 5.41) is 4.94. The molecule has 2 heterocycles. The number of hydrogen-bond acceptors (Lipinski definition) is 4. The zero-order valence-electron chi connectivity index (χ0n) is 22.4.